The van der Waals surface area contributed by atoms with E-state index in [-0.39, 0.29) is 12.3 Å². The first kappa shape index (κ1) is 28.6. The van der Waals surface area contributed by atoms with Gasteiger partial charge in [0.2, 0.25) is 5.88 Å². The minimum Gasteiger partial charge on any atom is -0.490 e. The van der Waals surface area contributed by atoms with Gasteiger partial charge < -0.3 is 24.7 Å². The van der Waals surface area contributed by atoms with E-state index in [0.29, 0.717) is 41.8 Å². The quantitative estimate of drug-likeness (QED) is 0.117. The van der Waals surface area contributed by atoms with Crippen LogP contribution in [0.5, 0.6) is 23.0 Å². The molecule has 1 aliphatic rings. The van der Waals surface area contributed by atoms with Gasteiger partial charge in [-0.1, -0.05) is 74.4 Å². The van der Waals surface area contributed by atoms with Gasteiger partial charge in [0.25, 0.3) is 0 Å². The topological polar surface area (TPSA) is 104 Å². The number of benzene rings is 4. The summed E-state index contributed by atoms with van der Waals surface area (Å²) >= 11 is 0. The predicted octanol–water partition coefficient (Wildman–Crippen LogP) is 7.17. The third kappa shape index (κ3) is 6.18. The number of carbonyl (C=O) groups excluding carboxylic acids is 1. The normalized spacial score (nSPS) is 14.1. The standard InChI is InChI=1S/C35H34N2O5/c1-3-5-8-18-40-30-17-14-25(19-32(30)39-4-2)34-28-16-15-26(21-31(28)42-35(37)29(34)22-36)41-33(38)20-24-12-9-11-23-10-6-7-13-27(23)24/h6-7,9-17,19,21,34H,3-5,8,18,20,37H2,1-2H3. The third-order valence-electron chi connectivity index (χ3n) is 7.24. The molecular weight excluding hydrogens is 528 g/mol. The van der Waals surface area contributed by atoms with Crippen molar-refractivity contribution in [2.24, 2.45) is 5.73 Å². The molecule has 4 aromatic rings. The van der Waals surface area contributed by atoms with Crippen LogP contribution in [-0.2, 0) is 11.2 Å². The highest BCUT2D eigenvalue weighted by atomic mass is 16.5. The Kier molecular flexibility index (Phi) is 8.93. The molecule has 0 saturated heterocycles. The number of carbonyl (C=O) groups is 1. The fraction of sp³-hybridized carbons (Fsp3) is 0.257. The van der Waals surface area contributed by atoms with Gasteiger partial charge in [-0.15, -0.1) is 0 Å². The van der Waals surface area contributed by atoms with Crippen molar-refractivity contribution < 1.29 is 23.7 Å². The molecule has 1 aliphatic heterocycles. The second-order valence-corrected chi connectivity index (χ2v) is 10.1. The van der Waals surface area contributed by atoms with Gasteiger partial charge in [0.05, 0.1) is 25.6 Å². The molecule has 5 rings (SSSR count). The highest BCUT2D eigenvalue weighted by molar-refractivity contribution is 5.89. The Labute approximate surface area is 246 Å². The highest BCUT2D eigenvalue weighted by Gasteiger charge is 2.32. The molecule has 0 saturated carbocycles. The molecule has 4 aromatic carbocycles. The number of nitriles is 1. The van der Waals surface area contributed by atoms with E-state index in [9.17, 15) is 10.1 Å². The van der Waals surface area contributed by atoms with Crippen LogP contribution in [0.4, 0.5) is 0 Å². The fourth-order valence-electron chi connectivity index (χ4n) is 5.24. The molecule has 42 heavy (non-hydrogen) atoms. The van der Waals surface area contributed by atoms with Crippen LogP contribution in [0.1, 0.15) is 55.7 Å². The van der Waals surface area contributed by atoms with E-state index in [1.54, 1.807) is 18.2 Å². The van der Waals surface area contributed by atoms with Crippen LogP contribution in [0.3, 0.4) is 0 Å². The van der Waals surface area contributed by atoms with Crippen molar-refractivity contribution in [1.29, 1.82) is 5.26 Å². The molecule has 214 valence electrons. The Hall–Kier alpha value is -4.96. The van der Waals surface area contributed by atoms with Gasteiger partial charge in [0.1, 0.15) is 23.1 Å². The number of nitrogens with two attached hydrogens (primary N) is 1. The lowest BCUT2D eigenvalue weighted by Crippen LogP contribution is -2.21. The van der Waals surface area contributed by atoms with E-state index in [0.717, 1.165) is 46.7 Å². The van der Waals surface area contributed by atoms with Crippen LogP contribution in [-0.4, -0.2) is 19.2 Å². The lowest BCUT2D eigenvalue weighted by Gasteiger charge is -2.27. The molecular formula is C35H34N2O5. The number of hydrogen-bond donors (Lipinski definition) is 1. The zero-order valence-electron chi connectivity index (χ0n) is 23.9. The number of allylic oxidation sites excluding steroid dienone is 1. The van der Waals surface area contributed by atoms with Gasteiger partial charge in [0, 0.05) is 11.6 Å². The maximum Gasteiger partial charge on any atom is 0.315 e. The molecule has 0 bridgehead atoms. The maximum atomic E-state index is 12.9. The summed E-state index contributed by atoms with van der Waals surface area (Å²) in [6, 6.07) is 26.9. The molecule has 0 aliphatic carbocycles. The summed E-state index contributed by atoms with van der Waals surface area (Å²) in [5, 5.41) is 12.1. The Morgan fingerprint density at radius 3 is 2.60 bits per heavy atom. The molecule has 0 radical (unpaired) electrons. The van der Waals surface area contributed by atoms with Gasteiger partial charge >= 0.3 is 5.97 Å². The monoisotopic (exact) mass is 562 g/mol. The van der Waals surface area contributed by atoms with Gasteiger partial charge in [-0.25, -0.2) is 0 Å². The van der Waals surface area contributed by atoms with Crippen molar-refractivity contribution in [1.82, 2.24) is 0 Å². The number of esters is 1. The summed E-state index contributed by atoms with van der Waals surface area (Å²) in [5.41, 5.74) is 8.95. The summed E-state index contributed by atoms with van der Waals surface area (Å²) in [5.74, 6) is 1.14. The van der Waals surface area contributed by atoms with Gasteiger partial charge in [-0.3, -0.25) is 4.79 Å². The molecule has 0 amide bonds. The molecule has 2 N–H and O–H groups in total. The van der Waals surface area contributed by atoms with Crippen molar-refractivity contribution >= 4 is 16.7 Å². The van der Waals surface area contributed by atoms with Crippen LogP contribution < -0.4 is 24.7 Å². The van der Waals surface area contributed by atoms with Crippen molar-refractivity contribution in [2.45, 2.75) is 45.4 Å². The number of rotatable bonds is 11. The van der Waals surface area contributed by atoms with Gasteiger partial charge in [0.15, 0.2) is 11.5 Å². The average molecular weight is 563 g/mol. The minimum absolute atomic E-state index is 0.00656. The van der Waals surface area contributed by atoms with Crippen LogP contribution in [0.2, 0.25) is 0 Å². The smallest absolute Gasteiger partial charge is 0.315 e. The van der Waals surface area contributed by atoms with Crippen molar-refractivity contribution in [3.05, 3.63) is 107 Å². The van der Waals surface area contributed by atoms with E-state index in [1.165, 1.54) is 0 Å². The molecule has 7 heteroatoms. The zero-order valence-corrected chi connectivity index (χ0v) is 23.9. The Morgan fingerprint density at radius 2 is 1.79 bits per heavy atom. The first-order chi connectivity index (χ1) is 20.5. The van der Waals surface area contributed by atoms with Crippen LogP contribution in [0.25, 0.3) is 10.8 Å². The second-order valence-electron chi connectivity index (χ2n) is 10.1. The van der Waals surface area contributed by atoms with E-state index < -0.39 is 11.9 Å². The van der Waals surface area contributed by atoms with E-state index in [1.807, 2.05) is 67.6 Å². The maximum absolute atomic E-state index is 12.9. The lowest BCUT2D eigenvalue weighted by atomic mass is 9.83. The number of fused-ring (bicyclic) bond motifs is 2. The molecule has 1 heterocycles. The molecule has 1 atom stereocenters. The summed E-state index contributed by atoms with van der Waals surface area (Å²) in [7, 11) is 0. The van der Waals surface area contributed by atoms with Crippen molar-refractivity contribution in [3.8, 4) is 29.1 Å². The SMILES string of the molecule is CCCCCOc1ccc(C2C(C#N)=C(N)Oc3cc(OC(=O)Cc4cccc5ccccc45)ccc32)cc1OCC. The van der Waals surface area contributed by atoms with Gasteiger partial charge in [-0.2, -0.15) is 5.26 Å². The molecule has 1 unspecified atom stereocenters. The predicted molar refractivity (Wildman–Crippen MR) is 162 cm³/mol. The summed E-state index contributed by atoms with van der Waals surface area (Å²) in [4.78, 5) is 12.9. The van der Waals surface area contributed by atoms with Crippen LogP contribution >= 0.6 is 0 Å². The van der Waals surface area contributed by atoms with E-state index >= 15 is 0 Å². The molecule has 0 spiro atoms. The number of hydrogen-bond acceptors (Lipinski definition) is 7. The molecule has 0 fully saturated rings. The lowest BCUT2D eigenvalue weighted by molar-refractivity contribution is -0.133. The summed E-state index contributed by atoms with van der Waals surface area (Å²) in [6.07, 6.45) is 3.29. The van der Waals surface area contributed by atoms with Crippen molar-refractivity contribution in [2.75, 3.05) is 13.2 Å². The largest absolute Gasteiger partial charge is 0.490 e. The second kappa shape index (κ2) is 13.1. The van der Waals surface area contributed by atoms with Crippen molar-refractivity contribution in [3.63, 3.8) is 0 Å². The van der Waals surface area contributed by atoms with E-state index in [4.69, 9.17) is 24.7 Å². The van der Waals surface area contributed by atoms with E-state index in [2.05, 4.69) is 13.0 Å². The Balaban J connectivity index is 1.40. The first-order valence-electron chi connectivity index (χ1n) is 14.3. The average Bonchev–Trinajstić information content (AvgIpc) is 2.99. The first-order valence-corrected chi connectivity index (χ1v) is 14.3. The molecule has 7 nitrogen and oxygen atoms in total. The van der Waals surface area contributed by atoms with Crippen LogP contribution in [0, 0.1) is 11.3 Å². The highest BCUT2D eigenvalue weighted by Crippen LogP contribution is 2.45. The summed E-state index contributed by atoms with van der Waals surface area (Å²) < 4.78 is 23.5. The summed E-state index contributed by atoms with van der Waals surface area (Å²) in [6.45, 7) is 5.14. The minimum atomic E-state index is -0.493. The molecule has 0 aromatic heterocycles. The Bertz CT molecular complexity index is 1660. The fourth-order valence-corrected chi connectivity index (χ4v) is 5.24. The number of ether oxygens (including phenoxy) is 4. The Morgan fingerprint density at radius 1 is 0.952 bits per heavy atom. The van der Waals surface area contributed by atoms with Crippen LogP contribution in [0.15, 0.2) is 90.3 Å². The third-order valence-corrected chi connectivity index (χ3v) is 7.24. The van der Waals surface area contributed by atoms with Gasteiger partial charge in [-0.05, 0) is 53.4 Å². The number of nitrogens with zero attached hydrogens (tertiary/aromatic N) is 1. The zero-order chi connectivity index (χ0) is 29.5. The number of unbranched alkanes of at least 4 members (excludes halogenated alkanes) is 2.